The van der Waals surface area contributed by atoms with Gasteiger partial charge in [0.05, 0.1) is 6.04 Å². The van der Waals surface area contributed by atoms with E-state index in [0.29, 0.717) is 6.04 Å². The third-order valence-corrected chi connectivity index (χ3v) is 3.15. The fourth-order valence-corrected chi connectivity index (χ4v) is 2.31. The van der Waals surface area contributed by atoms with E-state index in [4.69, 9.17) is 0 Å². The summed E-state index contributed by atoms with van der Waals surface area (Å²) in [5, 5.41) is 3.38. The van der Waals surface area contributed by atoms with Gasteiger partial charge in [0.15, 0.2) is 0 Å². The van der Waals surface area contributed by atoms with E-state index in [1.807, 2.05) is 0 Å². The zero-order valence-electron chi connectivity index (χ0n) is 9.95. The smallest absolute Gasteiger partial charge is 0.0530 e. The van der Waals surface area contributed by atoms with E-state index in [2.05, 4.69) is 54.1 Å². The molecule has 0 radical (unpaired) electrons. The number of piperazine rings is 1. The first-order valence-corrected chi connectivity index (χ1v) is 5.95. The van der Waals surface area contributed by atoms with E-state index in [1.165, 1.54) is 11.1 Å². The topological polar surface area (TPSA) is 15.3 Å². The molecule has 16 heavy (non-hydrogen) atoms. The van der Waals surface area contributed by atoms with Gasteiger partial charge in [-0.05, 0) is 12.5 Å². The molecular formula is C14H20N2. The maximum absolute atomic E-state index is 3.98. The summed E-state index contributed by atoms with van der Waals surface area (Å²) in [6.07, 6.45) is 2.06. The molecule has 0 spiro atoms. The highest BCUT2D eigenvalue weighted by molar-refractivity contribution is 5.27. The van der Waals surface area contributed by atoms with Gasteiger partial charge in [-0.2, -0.15) is 0 Å². The first-order chi connectivity index (χ1) is 7.81. The van der Waals surface area contributed by atoms with Crippen LogP contribution in [-0.4, -0.2) is 31.1 Å². The third-order valence-electron chi connectivity index (χ3n) is 3.15. The summed E-state index contributed by atoms with van der Waals surface area (Å²) in [6.45, 7) is 10.5. The molecule has 0 aromatic heterocycles. The number of rotatable bonds is 3. The molecule has 2 heteroatoms. The fraction of sp³-hybridized carbons (Fsp3) is 0.429. The molecule has 1 aliphatic rings. The number of hydrogen-bond donors (Lipinski definition) is 1. The Hall–Kier alpha value is -1.12. The zero-order chi connectivity index (χ0) is 11.4. The van der Waals surface area contributed by atoms with E-state index in [1.54, 1.807) is 0 Å². The van der Waals surface area contributed by atoms with Crippen molar-refractivity contribution in [1.82, 2.24) is 10.2 Å². The molecule has 1 aliphatic heterocycles. The molecule has 0 unspecified atom stereocenters. The van der Waals surface area contributed by atoms with E-state index < -0.39 is 0 Å². The predicted molar refractivity (Wildman–Crippen MR) is 68.6 cm³/mol. The molecule has 86 valence electrons. The van der Waals surface area contributed by atoms with E-state index in [9.17, 15) is 0 Å². The molecule has 1 N–H and O–H groups in total. The van der Waals surface area contributed by atoms with Gasteiger partial charge < -0.3 is 5.32 Å². The van der Waals surface area contributed by atoms with Crippen LogP contribution in [-0.2, 0) is 0 Å². The summed E-state index contributed by atoms with van der Waals surface area (Å²) in [7, 11) is 0. The minimum atomic E-state index is 0.363. The van der Waals surface area contributed by atoms with Crippen LogP contribution in [0.25, 0.3) is 0 Å². The van der Waals surface area contributed by atoms with Crippen molar-refractivity contribution >= 4 is 0 Å². The number of benzene rings is 1. The Kier molecular flexibility index (Phi) is 3.75. The van der Waals surface area contributed by atoms with Crippen molar-refractivity contribution in [3.63, 3.8) is 0 Å². The highest BCUT2D eigenvalue weighted by Crippen LogP contribution is 2.22. The van der Waals surface area contributed by atoms with Crippen LogP contribution in [0.4, 0.5) is 0 Å². The van der Waals surface area contributed by atoms with Crippen LogP contribution in [0.3, 0.4) is 0 Å². The Bertz CT molecular complexity index is 354. The average Bonchev–Trinajstić information content (AvgIpc) is 2.31. The van der Waals surface area contributed by atoms with Crippen LogP contribution >= 0.6 is 0 Å². The summed E-state index contributed by atoms with van der Waals surface area (Å²) in [5.41, 5.74) is 2.68. The summed E-state index contributed by atoms with van der Waals surface area (Å²) < 4.78 is 0. The van der Waals surface area contributed by atoms with Gasteiger partial charge in [0, 0.05) is 26.2 Å². The van der Waals surface area contributed by atoms with Crippen molar-refractivity contribution in [3.8, 4) is 0 Å². The lowest BCUT2D eigenvalue weighted by atomic mass is 10.0. The van der Waals surface area contributed by atoms with Crippen LogP contribution in [0.15, 0.2) is 36.9 Å². The Morgan fingerprint density at radius 2 is 2.12 bits per heavy atom. The molecule has 0 bridgehead atoms. The Morgan fingerprint density at radius 1 is 1.38 bits per heavy atom. The Labute approximate surface area is 98.0 Å². The molecule has 1 fully saturated rings. The summed E-state index contributed by atoms with van der Waals surface area (Å²) in [6, 6.07) is 9.09. The largest absolute Gasteiger partial charge is 0.314 e. The first kappa shape index (κ1) is 11.4. The maximum atomic E-state index is 3.98. The van der Waals surface area contributed by atoms with Crippen LogP contribution in [0.1, 0.15) is 17.2 Å². The number of nitrogens with zero attached hydrogens (tertiary/aromatic N) is 1. The highest BCUT2D eigenvalue weighted by Gasteiger charge is 2.18. The van der Waals surface area contributed by atoms with Crippen molar-refractivity contribution < 1.29 is 0 Å². The van der Waals surface area contributed by atoms with Crippen LogP contribution in [0, 0.1) is 6.92 Å². The van der Waals surface area contributed by atoms with Gasteiger partial charge >= 0.3 is 0 Å². The molecule has 1 heterocycles. The molecule has 0 aliphatic carbocycles. The van der Waals surface area contributed by atoms with Crippen molar-refractivity contribution in [1.29, 1.82) is 0 Å². The normalized spacial score (nSPS) is 19.3. The van der Waals surface area contributed by atoms with Crippen molar-refractivity contribution in [2.45, 2.75) is 13.0 Å². The van der Waals surface area contributed by atoms with E-state index >= 15 is 0 Å². The van der Waals surface area contributed by atoms with Gasteiger partial charge in [0.1, 0.15) is 0 Å². The first-order valence-electron chi connectivity index (χ1n) is 5.95. The minimum Gasteiger partial charge on any atom is -0.314 e. The van der Waals surface area contributed by atoms with Gasteiger partial charge in [0.25, 0.3) is 0 Å². The maximum Gasteiger partial charge on any atom is 0.0530 e. The highest BCUT2D eigenvalue weighted by atomic mass is 15.2. The molecular weight excluding hydrogens is 196 g/mol. The minimum absolute atomic E-state index is 0.363. The lowest BCUT2D eigenvalue weighted by Gasteiger charge is -2.33. The second kappa shape index (κ2) is 5.28. The number of hydrogen-bond acceptors (Lipinski definition) is 2. The monoisotopic (exact) mass is 216 g/mol. The van der Waals surface area contributed by atoms with E-state index in [-0.39, 0.29) is 0 Å². The average molecular weight is 216 g/mol. The molecule has 1 atom stereocenters. The lowest BCUT2D eigenvalue weighted by molar-refractivity contribution is 0.203. The molecule has 1 aromatic carbocycles. The van der Waals surface area contributed by atoms with Gasteiger partial charge in [-0.25, -0.2) is 0 Å². The van der Waals surface area contributed by atoms with Gasteiger partial charge in [-0.3, -0.25) is 4.90 Å². The number of aryl methyl sites for hydroxylation is 1. The van der Waals surface area contributed by atoms with Gasteiger partial charge in [0.2, 0.25) is 0 Å². The zero-order valence-corrected chi connectivity index (χ0v) is 9.95. The third kappa shape index (κ3) is 2.52. The summed E-state index contributed by atoms with van der Waals surface area (Å²) >= 11 is 0. The Balaban J connectivity index is 2.17. The van der Waals surface area contributed by atoms with E-state index in [0.717, 1.165) is 26.2 Å². The summed E-state index contributed by atoms with van der Waals surface area (Å²) in [5.74, 6) is 0. The van der Waals surface area contributed by atoms with Crippen molar-refractivity contribution in [3.05, 3.63) is 48.0 Å². The molecule has 0 saturated carbocycles. The predicted octanol–water partition coefficient (Wildman–Crippen LogP) is 2.13. The second-order valence-corrected chi connectivity index (χ2v) is 4.38. The van der Waals surface area contributed by atoms with Crippen molar-refractivity contribution in [2.24, 2.45) is 0 Å². The quantitative estimate of drug-likeness (QED) is 0.779. The van der Waals surface area contributed by atoms with Crippen molar-refractivity contribution in [2.75, 3.05) is 26.2 Å². The van der Waals surface area contributed by atoms with Crippen LogP contribution in [0.5, 0.6) is 0 Å². The molecule has 2 nitrogen and oxygen atoms in total. The fourth-order valence-electron chi connectivity index (χ4n) is 2.31. The summed E-state index contributed by atoms with van der Waals surface area (Å²) in [4.78, 5) is 2.48. The number of nitrogens with one attached hydrogen (secondary N) is 1. The Morgan fingerprint density at radius 3 is 2.75 bits per heavy atom. The molecule has 2 rings (SSSR count). The second-order valence-electron chi connectivity index (χ2n) is 4.38. The molecule has 1 aromatic rings. The SMILES string of the molecule is C=C[C@H](c1cccc(C)c1)N1CCNCC1. The van der Waals surface area contributed by atoms with Crippen LogP contribution in [0.2, 0.25) is 0 Å². The molecule has 0 amide bonds. The standard InChI is InChI=1S/C14H20N2/c1-3-14(16-9-7-15-8-10-16)13-6-4-5-12(2)11-13/h3-6,11,14-15H,1,7-10H2,2H3/t14-/m1/s1. The molecule has 1 saturated heterocycles. The van der Waals surface area contributed by atoms with Gasteiger partial charge in [-0.1, -0.05) is 35.9 Å². The van der Waals surface area contributed by atoms with Gasteiger partial charge in [-0.15, -0.1) is 6.58 Å². The lowest BCUT2D eigenvalue weighted by Crippen LogP contribution is -2.44. The van der Waals surface area contributed by atoms with Crippen LogP contribution < -0.4 is 5.32 Å².